The molecule has 1 N–H and O–H groups in total. The standard InChI is InChI=1S/C11H13ClN2O3S/c1-7(15)14-9(11(16)17-2)6-18-10-8(12)4-3-5-13-10/h3-5,9H,6H2,1-2H3,(H,14,15). The molecule has 1 heterocycles. The van der Waals surface area contributed by atoms with E-state index >= 15 is 0 Å². The Bertz CT molecular complexity index is 442. The van der Waals surface area contributed by atoms with Gasteiger partial charge in [0.1, 0.15) is 11.1 Å². The molecule has 1 unspecified atom stereocenters. The van der Waals surface area contributed by atoms with Gasteiger partial charge < -0.3 is 10.1 Å². The Labute approximate surface area is 114 Å². The van der Waals surface area contributed by atoms with Crippen LogP contribution >= 0.6 is 23.4 Å². The number of methoxy groups -OCH3 is 1. The van der Waals surface area contributed by atoms with Crippen molar-refractivity contribution in [2.75, 3.05) is 12.9 Å². The van der Waals surface area contributed by atoms with Crippen LogP contribution in [-0.4, -0.2) is 35.8 Å². The third kappa shape index (κ3) is 4.54. The minimum absolute atomic E-state index is 0.293. The van der Waals surface area contributed by atoms with Gasteiger partial charge in [0.15, 0.2) is 0 Å². The van der Waals surface area contributed by atoms with Gasteiger partial charge in [-0.05, 0) is 12.1 Å². The van der Waals surface area contributed by atoms with E-state index in [1.54, 1.807) is 18.3 Å². The van der Waals surface area contributed by atoms with Gasteiger partial charge in [-0.15, -0.1) is 11.8 Å². The van der Waals surface area contributed by atoms with Gasteiger partial charge in [-0.2, -0.15) is 0 Å². The second-order valence-electron chi connectivity index (χ2n) is 3.38. The molecule has 1 aromatic rings. The Kier molecular flexibility index (Phi) is 5.94. The summed E-state index contributed by atoms with van der Waals surface area (Å²) in [6.07, 6.45) is 1.61. The van der Waals surface area contributed by atoms with E-state index in [-0.39, 0.29) is 5.91 Å². The van der Waals surface area contributed by atoms with Gasteiger partial charge in [-0.3, -0.25) is 4.79 Å². The molecule has 0 spiro atoms. The first-order valence-corrected chi connectivity index (χ1v) is 6.49. The molecule has 7 heteroatoms. The molecular formula is C11H13ClN2O3S. The number of halogens is 1. The number of ether oxygens (including phenoxy) is 1. The van der Waals surface area contributed by atoms with Crippen LogP contribution in [0.2, 0.25) is 5.02 Å². The first-order chi connectivity index (χ1) is 8.54. The number of nitrogens with one attached hydrogen (secondary N) is 1. The molecule has 0 saturated heterocycles. The van der Waals surface area contributed by atoms with Gasteiger partial charge in [0.25, 0.3) is 0 Å². The van der Waals surface area contributed by atoms with Crippen LogP contribution < -0.4 is 5.32 Å². The summed E-state index contributed by atoms with van der Waals surface area (Å²) in [4.78, 5) is 26.5. The molecular weight excluding hydrogens is 276 g/mol. The van der Waals surface area contributed by atoms with E-state index in [4.69, 9.17) is 11.6 Å². The van der Waals surface area contributed by atoms with Crippen molar-refractivity contribution in [3.8, 4) is 0 Å². The first kappa shape index (κ1) is 14.8. The molecule has 0 aliphatic rings. The summed E-state index contributed by atoms with van der Waals surface area (Å²) in [5.74, 6) is -0.480. The van der Waals surface area contributed by atoms with Crippen molar-refractivity contribution in [3.63, 3.8) is 0 Å². The quantitative estimate of drug-likeness (QED) is 0.657. The minimum atomic E-state index is -0.712. The summed E-state index contributed by atoms with van der Waals surface area (Å²) < 4.78 is 4.61. The fourth-order valence-electron chi connectivity index (χ4n) is 1.20. The van der Waals surface area contributed by atoms with Crippen LogP contribution in [0.5, 0.6) is 0 Å². The number of esters is 1. The number of carbonyl (C=O) groups excluding carboxylic acids is 2. The molecule has 0 bridgehead atoms. The summed E-state index contributed by atoms with van der Waals surface area (Å²) in [6.45, 7) is 1.34. The molecule has 1 atom stereocenters. The van der Waals surface area contributed by atoms with E-state index < -0.39 is 12.0 Å². The number of hydrogen-bond acceptors (Lipinski definition) is 5. The fraction of sp³-hybridized carbons (Fsp3) is 0.364. The van der Waals surface area contributed by atoms with Crippen molar-refractivity contribution in [2.24, 2.45) is 0 Å². The van der Waals surface area contributed by atoms with Crippen LogP contribution in [-0.2, 0) is 14.3 Å². The number of amides is 1. The number of thioether (sulfide) groups is 1. The Hall–Kier alpha value is -1.27. The minimum Gasteiger partial charge on any atom is -0.467 e. The molecule has 0 aromatic carbocycles. The predicted molar refractivity (Wildman–Crippen MR) is 69.6 cm³/mol. The van der Waals surface area contributed by atoms with Crippen LogP contribution in [0.15, 0.2) is 23.4 Å². The molecule has 0 aliphatic heterocycles. The summed E-state index contributed by atoms with van der Waals surface area (Å²) in [6, 6.07) is 2.72. The highest BCUT2D eigenvalue weighted by Crippen LogP contribution is 2.24. The third-order valence-corrected chi connectivity index (χ3v) is 3.49. The van der Waals surface area contributed by atoms with E-state index in [1.165, 1.54) is 25.8 Å². The molecule has 18 heavy (non-hydrogen) atoms. The van der Waals surface area contributed by atoms with Crippen LogP contribution in [0.4, 0.5) is 0 Å². The van der Waals surface area contributed by atoms with E-state index in [2.05, 4.69) is 15.0 Å². The summed E-state index contributed by atoms with van der Waals surface area (Å²) >= 11 is 7.22. The van der Waals surface area contributed by atoms with Crippen molar-refractivity contribution < 1.29 is 14.3 Å². The van der Waals surface area contributed by atoms with Gasteiger partial charge in [-0.25, -0.2) is 9.78 Å². The lowest BCUT2D eigenvalue weighted by atomic mass is 10.3. The number of nitrogens with zero attached hydrogens (tertiary/aromatic N) is 1. The highest BCUT2D eigenvalue weighted by Gasteiger charge is 2.20. The monoisotopic (exact) mass is 288 g/mol. The normalized spacial score (nSPS) is 11.7. The topological polar surface area (TPSA) is 68.3 Å². The second-order valence-corrected chi connectivity index (χ2v) is 4.79. The fourth-order valence-corrected chi connectivity index (χ4v) is 2.37. The summed E-state index contributed by atoms with van der Waals surface area (Å²) in [7, 11) is 1.27. The highest BCUT2D eigenvalue weighted by molar-refractivity contribution is 7.99. The number of rotatable bonds is 5. The van der Waals surface area contributed by atoms with Gasteiger partial charge in [-0.1, -0.05) is 11.6 Å². The molecule has 1 rings (SSSR count). The first-order valence-electron chi connectivity index (χ1n) is 5.13. The number of carbonyl (C=O) groups is 2. The Morgan fingerprint density at radius 1 is 1.61 bits per heavy atom. The Morgan fingerprint density at radius 3 is 2.89 bits per heavy atom. The van der Waals surface area contributed by atoms with Gasteiger partial charge in [0.2, 0.25) is 5.91 Å². The zero-order chi connectivity index (χ0) is 13.5. The van der Waals surface area contributed by atoms with E-state index in [1.807, 2.05) is 0 Å². The second kappa shape index (κ2) is 7.23. The van der Waals surface area contributed by atoms with Crippen molar-refractivity contribution in [3.05, 3.63) is 23.4 Å². The lowest BCUT2D eigenvalue weighted by Gasteiger charge is -2.14. The van der Waals surface area contributed by atoms with E-state index in [0.29, 0.717) is 15.8 Å². The molecule has 0 fully saturated rings. The zero-order valence-electron chi connectivity index (χ0n) is 9.97. The van der Waals surface area contributed by atoms with Gasteiger partial charge in [0.05, 0.1) is 12.1 Å². The summed E-state index contributed by atoms with van der Waals surface area (Å²) in [5, 5.41) is 3.63. The molecule has 1 amide bonds. The number of pyridine rings is 1. The summed E-state index contributed by atoms with van der Waals surface area (Å²) in [5.41, 5.74) is 0. The molecule has 5 nitrogen and oxygen atoms in total. The van der Waals surface area contributed by atoms with Crippen LogP contribution in [0.1, 0.15) is 6.92 Å². The molecule has 0 aliphatic carbocycles. The van der Waals surface area contributed by atoms with Gasteiger partial charge in [0, 0.05) is 18.9 Å². The maximum Gasteiger partial charge on any atom is 0.329 e. The van der Waals surface area contributed by atoms with Crippen LogP contribution in [0, 0.1) is 0 Å². The lowest BCUT2D eigenvalue weighted by Crippen LogP contribution is -2.42. The van der Waals surface area contributed by atoms with Gasteiger partial charge >= 0.3 is 5.97 Å². The molecule has 0 saturated carbocycles. The maximum atomic E-state index is 11.4. The Balaban J connectivity index is 2.64. The molecule has 98 valence electrons. The van der Waals surface area contributed by atoms with Crippen molar-refractivity contribution in [2.45, 2.75) is 18.0 Å². The lowest BCUT2D eigenvalue weighted by molar-refractivity contribution is -0.144. The highest BCUT2D eigenvalue weighted by atomic mass is 35.5. The van der Waals surface area contributed by atoms with Crippen LogP contribution in [0.3, 0.4) is 0 Å². The smallest absolute Gasteiger partial charge is 0.329 e. The SMILES string of the molecule is COC(=O)C(CSc1ncccc1Cl)NC(C)=O. The van der Waals surface area contributed by atoms with E-state index in [0.717, 1.165) is 0 Å². The predicted octanol–water partition coefficient (Wildman–Crippen LogP) is 1.50. The average molecular weight is 289 g/mol. The molecule has 0 radical (unpaired) electrons. The Morgan fingerprint density at radius 2 is 2.33 bits per heavy atom. The largest absolute Gasteiger partial charge is 0.467 e. The van der Waals surface area contributed by atoms with Crippen molar-refractivity contribution in [1.29, 1.82) is 0 Å². The van der Waals surface area contributed by atoms with Crippen LogP contribution in [0.25, 0.3) is 0 Å². The molecule has 1 aromatic heterocycles. The van der Waals surface area contributed by atoms with Crippen molar-refractivity contribution >= 4 is 35.2 Å². The van der Waals surface area contributed by atoms with Crippen molar-refractivity contribution in [1.82, 2.24) is 10.3 Å². The average Bonchev–Trinajstić information content (AvgIpc) is 2.34. The number of hydrogen-bond donors (Lipinski definition) is 1. The third-order valence-electron chi connectivity index (χ3n) is 1.97. The zero-order valence-corrected chi connectivity index (χ0v) is 11.5. The number of aromatic nitrogens is 1. The maximum absolute atomic E-state index is 11.4. The van der Waals surface area contributed by atoms with E-state index in [9.17, 15) is 9.59 Å².